The molecule has 0 amide bonds. The summed E-state index contributed by atoms with van der Waals surface area (Å²) in [6.45, 7) is 3.49. The molecule has 0 bridgehead atoms. The predicted molar refractivity (Wildman–Crippen MR) is 92.1 cm³/mol. The number of rotatable bonds is 2. The number of alkyl halides is 3. The van der Waals surface area contributed by atoms with Crippen molar-refractivity contribution in [3.05, 3.63) is 59.7 Å². The van der Waals surface area contributed by atoms with Gasteiger partial charge in [0, 0.05) is 35.1 Å². The van der Waals surface area contributed by atoms with Gasteiger partial charge in [0.15, 0.2) is 0 Å². The number of H-pyrrole nitrogens is 1. The fourth-order valence-corrected chi connectivity index (χ4v) is 3.68. The lowest BCUT2D eigenvalue weighted by atomic mass is 9.93. The fourth-order valence-electron chi connectivity index (χ4n) is 3.68. The van der Waals surface area contributed by atoms with Gasteiger partial charge in [-0.3, -0.25) is 10.6 Å². The molecule has 3 nitrogen and oxygen atoms in total. The summed E-state index contributed by atoms with van der Waals surface area (Å²) in [5, 5.41) is 7.68. The molecule has 1 aliphatic heterocycles. The van der Waals surface area contributed by atoms with E-state index in [4.69, 9.17) is 0 Å². The zero-order chi connectivity index (χ0) is 17.7. The van der Waals surface area contributed by atoms with E-state index in [-0.39, 0.29) is 5.56 Å². The van der Waals surface area contributed by atoms with Crippen LogP contribution in [0.1, 0.15) is 18.1 Å². The zero-order valence-electron chi connectivity index (χ0n) is 13.7. The first-order valence-corrected chi connectivity index (χ1v) is 8.18. The van der Waals surface area contributed by atoms with Gasteiger partial charge in [-0.15, -0.1) is 0 Å². The molecule has 2 aromatic carbocycles. The molecule has 0 aliphatic carbocycles. The summed E-state index contributed by atoms with van der Waals surface area (Å²) in [5.74, 6) is 0. The van der Waals surface area contributed by atoms with E-state index in [0.29, 0.717) is 5.69 Å². The highest BCUT2D eigenvalue weighted by Gasteiger charge is 2.38. The Hall–Kier alpha value is -2.31. The van der Waals surface area contributed by atoms with Gasteiger partial charge >= 0.3 is 6.18 Å². The van der Waals surface area contributed by atoms with Gasteiger partial charge in [0.05, 0.1) is 16.9 Å². The molecular formula is C19H18F3N3. The summed E-state index contributed by atoms with van der Waals surface area (Å²) >= 11 is 0. The molecule has 6 heteroatoms. The van der Waals surface area contributed by atoms with Crippen LogP contribution in [0, 0.1) is 0 Å². The molecule has 1 aliphatic rings. The molecule has 130 valence electrons. The SMILES string of the molecule is CC1(c2c(-c3ccccc3C(F)(F)F)[nH]c3ccccc23)NCCN1. The van der Waals surface area contributed by atoms with Crippen LogP contribution >= 0.6 is 0 Å². The number of benzene rings is 2. The van der Waals surface area contributed by atoms with Gasteiger partial charge in [0.1, 0.15) is 0 Å². The van der Waals surface area contributed by atoms with Crippen LogP contribution in [-0.2, 0) is 11.8 Å². The minimum atomic E-state index is -4.41. The normalized spacial score (nSPS) is 17.3. The van der Waals surface area contributed by atoms with Gasteiger partial charge in [-0.1, -0.05) is 36.4 Å². The van der Waals surface area contributed by atoms with Crippen molar-refractivity contribution in [1.29, 1.82) is 0 Å². The highest BCUT2D eigenvalue weighted by molar-refractivity contribution is 5.92. The van der Waals surface area contributed by atoms with Crippen LogP contribution < -0.4 is 10.6 Å². The van der Waals surface area contributed by atoms with Crippen molar-refractivity contribution >= 4 is 10.9 Å². The first-order valence-electron chi connectivity index (χ1n) is 8.18. The monoisotopic (exact) mass is 345 g/mol. The van der Waals surface area contributed by atoms with Crippen LogP contribution in [-0.4, -0.2) is 18.1 Å². The summed E-state index contributed by atoms with van der Waals surface area (Å²) < 4.78 is 40.6. The average Bonchev–Trinajstić information content (AvgIpc) is 3.18. The number of aromatic nitrogens is 1. The van der Waals surface area contributed by atoms with Gasteiger partial charge < -0.3 is 4.98 Å². The zero-order valence-corrected chi connectivity index (χ0v) is 13.7. The van der Waals surface area contributed by atoms with Gasteiger partial charge in [-0.25, -0.2) is 0 Å². The molecule has 4 rings (SSSR count). The number of hydrogen-bond donors (Lipinski definition) is 3. The lowest BCUT2D eigenvalue weighted by Gasteiger charge is -2.27. The van der Waals surface area contributed by atoms with E-state index in [1.807, 2.05) is 31.2 Å². The van der Waals surface area contributed by atoms with Gasteiger partial charge in [0.2, 0.25) is 0 Å². The Labute approximate surface area is 143 Å². The third-order valence-electron chi connectivity index (χ3n) is 4.79. The molecule has 1 aromatic heterocycles. The summed E-state index contributed by atoms with van der Waals surface area (Å²) in [4.78, 5) is 3.22. The lowest BCUT2D eigenvalue weighted by Crippen LogP contribution is -2.43. The molecule has 2 heterocycles. The van der Waals surface area contributed by atoms with E-state index in [9.17, 15) is 13.2 Å². The van der Waals surface area contributed by atoms with Crippen LogP contribution in [0.5, 0.6) is 0 Å². The molecule has 3 aromatic rings. The molecule has 1 fully saturated rings. The van der Waals surface area contributed by atoms with Crippen LogP contribution in [0.4, 0.5) is 13.2 Å². The van der Waals surface area contributed by atoms with Crippen molar-refractivity contribution in [2.24, 2.45) is 0 Å². The third kappa shape index (κ3) is 2.62. The first kappa shape index (κ1) is 16.2. The maximum Gasteiger partial charge on any atom is 0.417 e. The molecular weight excluding hydrogens is 327 g/mol. The molecule has 1 saturated heterocycles. The number of halogens is 3. The van der Waals surface area contributed by atoms with Crippen molar-refractivity contribution in [2.45, 2.75) is 18.8 Å². The van der Waals surface area contributed by atoms with E-state index in [2.05, 4.69) is 15.6 Å². The van der Waals surface area contributed by atoms with Crippen molar-refractivity contribution in [3.63, 3.8) is 0 Å². The number of aromatic amines is 1. The second-order valence-electron chi connectivity index (χ2n) is 6.44. The molecule has 25 heavy (non-hydrogen) atoms. The topological polar surface area (TPSA) is 39.9 Å². The smallest absolute Gasteiger partial charge is 0.354 e. The number of nitrogens with one attached hydrogen (secondary N) is 3. The number of fused-ring (bicyclic) bond motifs is 1. The average molecular weight is 345 g/mol. The first-order chi connectivity index (χ1) is 11.9. The van der Waals surface area contributed by atoms with Crippen molar-refractivity contribution in [2.75, 3.05) is 13.1 Å². The summed E-state index contributed by atoms with van der Waals surface area (Å²) in [6.07, 6.45) is -4.41. The quantitative estimate of drug-likeness (QED) is 0.651. The Balaban J connectivity index is 2.04. The van der Waals surface area contributed by atoms with Gasteiger partial charge in [-0.2, -0.15) is 13.2 Å². The highest BCUT2D eigenvalue weighted by atomic mass is 19.4. The van der Waals surface area contributed by atoms with Gasteiger partial charge in [-0.05, 0) is 19.1 Å². The molecule has 0 unspecified atom stereocenters. The van der Waals surface area contributed by atoms with E-state index in [1.54, 1.807) is 6.07 Å². The Morgan fingerprint density at radius 3 is 2.28 bits per heavy atom. The third-order valence-corrected chi connectivity index (χ3v) is 4.79. The summed E-state index contributed by atoms with van der Waals surface area (Å²) in [5.41, 5.74) is 1.08. The second-order valence-corrected chi connectivity index (χ2v) is 6.44. The van der Waals surface area contributed by atoms with Crippen molar-refractivity contribution in [1.82, 2.24) is 15.6 Å². The maximum absolute atomic E-state index is 13.5. The van der Waals surface area contributed by atoms with Crippen LogP contribution in [0.25, 0.3) is 22.2 Å². The van der Waals surface area contributed by atoms with Crippen molar-refractivity contribution in [3.8, 4) is 11.3 Å². The Morgan fingerprint density at radius 1 is 0.920 bits per heavy atom. The number of para-hydroxylation sites is 1. The molecule has 0 saturated carbocycles. The van der Waals surface area contributed by atoms with Crippen molar-refractivity contribution < 1.29 is 13.2 Å². The second kappa shape index (κ2) is 5.61. The largest absolute Gasteiger partial charge is 0.417 e. The Morgan fingerprint density at radius 2 is 1.56 bits per heavy atom. The molecule has 0 atom stereocenters. The Kier molecular flexibility index (Phi) is 3.63. The van der Waals surface area contributed by atoms with Crippen LogP contribution in [0.2, 0.25) is 0 Å². The van der Waals surface area contributed by atoms with E-state index in [1.165, 1.54) is 12.1 Å². The molecule has 0 spiro atoms. The predicted octanol–water partition coefficient (Wildman–Crippen LogP) is 4.22. The minimum absolute atomic E-state index is 0.165. The summed E-state index contributed by atoms with van der Waals surface area (Å²) in [7, 11) is 0. The molecule has 0 radical (unpaired) electrons. The number of hydrogen-bond acceptors (Lipinski definition) is 2. The molecule has 3 N–H and O–H groups in total. The fraction of sp³-hybridized carbons (Fsp3) is 0.263. The summed E-state index contributed by atoms with van der Waals surface area (Å²) in [6, 6.07) is 13.3. The van der Waals surface area contributed by atoms with Crippen LogP contribution in [0.15, 0.2) is 48.5 Å². The lowest BCUT2D eigenvalue weighted by molar-refractivity contribution is -0.137. The van der Waals surface area contributed by atoms with E-state index < -0.39 is 17.4 Å². The Bertz CT molecular complexity index is 921. The maximum atomic E-state index is 13.5. The minimum Gasteiger partial charge on any atom is -0.354 e. The van der Waals surface area contributed by atoms with E-state index >= 15 is 0 Å². The standard InChI is InChI=1S/C19H18F3N3/c1-18(23-10-11-24-18)16-13-7-3-5-9-15(13)25-17(16)12-6-2-4-8-14(12)19(20,21)22/h2-9,23-25H,10-11H2,1H3. The van der Waals surface area contributed by atoms with Crippen LogP contribution in [0.3, 0.4) is 0 Å². The van der Waals surface area contributed by atoms with E-state index in [0.717, 1.165) is 35.6 Å². The highest BCUT2D eigenvalue weighted by Crippen LogP contribution is 2.42. The van der Waals surface area contributed by atoms with Gasteiger partial charge in [0.25, 0.3) is 0 Å².